The van der Waals surface area contributed by atoms with Crippen molar-refractivity contribution in [3.05, 3.63) is 35.4 Å². The lowest BCUT2D eigenvalue weighted by Crippen LogP contribution is -2.29. The lowest BCUT2D eigenvalue weighted by molar-refractivity contribution is -0.127. The molecule has 1 aromatic heterocycles. The maximum Gasteiger partial charge on any atom is 0.290 e. The molecular weight excluding hydrogens is 330 g/mol. The average molecular weight is 357 g/mol. The molecule has 1 fully saturated rings. The number of carbonyl (C=O) groups excluding carboxylic acids is 1. The van der Waals surface area contributed by atoms with E-state index in [0.717, 1.165) is 31.0 Å². The van der Waals surface area contributed by atoms with Crippen molar-refractivity contribution in [2.45, 2.75) is 27.2 Å². The van der Waals surface area contributed by atoms with E-state index in [4.69, 9.17) is 14.9 Å². The number of pyridine rings is 1. The van der Waals surface area contributed by atoms with Gasteiger partial charge < -0.3 is 14.9 Å². The molecule has 1 aliphatic rings. The fourth-order valence-corrected chi connectivity index (χ4v) is 3.45. The molecule has 6 heteroatoms. The number of aromatic nitrogens is 1. The molecule has 1 amide bonds. The molecular formula is C20H27N3O3. The number of benzene rings is 1. The summed E-state index contributed by atoms with van der Waals surface area (Å²) in [5, 5.41) is 8.11. The van der Waals surface area contributed by atoms with E-state index in [1.165, 1.54) is 16.5 Å². The molecule has 0 saturated carbocycles. The molecule has 0 aliphatic carbocycles. The van der Waals surface area contributed by atoms with Gasteiger partial charge in [0.15, 0.2) is 0 Å². The summed E-state index contributed by atoms with van der Waals surface area (Å²) in [6.45, 7) is 8.58. The molecule has 0 spiro atoms. The van der Waals surface area contributed by atoms with E-state index in [1.54, 1.807) is 0 Å². The maximum absolute atomic E-state index is 11.9. The standard InChI is InChI=1S/C19H25N3O.CH2O2/c1-5-22-12-15(10-19(22)23)11-21(4)18-9-14(3)16-8-13(2)6-7-17(16)20-18;2-1-3/h6-9,15H,5,10-12H2,1-4H3;1H,(H,2,3). The summed E-state index contributed by atoms with van der Waals surface area (Å²) in [7, 11) is 2.07. The number of fused-ring (bicyclic) bond motifs is 1. The maximum atomic E-state index is 11.9. The zero-order chi connectivity index (χ0) is 19.3. The zero-order valence-electron chi connectivity index (χ0n) is 15.9. The predicted molar refractivity (Wildman–Crippen MR) is 104 cm³/mol. The van der Waals surface area contributed by atoms with Crippen molar-refractivity contribution in [1.82, 2.24) is 9.88 Å². The van der Waals surface area contributed by atoms with Gasteiger partial charge in [-0.25, -0.2) is 4.98 Å². The van der Waals surface area contributed by atoms with Crippen LogP contribution in [0.4, 0.5) is 5.82 Å². The lowest BCUT2D eigenvalue weighted by atomic mass is 10.1. The van der Waals surface area contributed by atoms with Gasteiger partial charge in [-0.1, -0.05) is 11.6 Å². The number of amides is 1. The van der Waals surface area contributed by atoms with E-state index in [2.05, 4.69) is 50.1 Å². The van der Waals surface area contributed by atoms with Gasteiger partial charge in [0, 0.05) is 44.4 Å². The minimum atomic E-state index is -0.250. The van der Waals surface area contributed by atoms with Crippen molar-refractivity contribution in [2.24, 2.45) is 5.92 Å². The van der Waals surface area contributed by atoms with Gasteiger partial charge in [-0.3, -0.25) is 9.59 Å². The number of rotatable bonds is 4. The number of anilines is 1. The summed E-state index contributed by atoms with van der Waals surface area (Å²) in [5.41, 5.74) is 3.54. The van der Waals surface area contributed by atoms with Gasteiger partial charge in [0.05, 0.1) is 5.52 Å². The van der Waals surface area contributed by atoms with E-state index in [-0.39, 0.29) is 12.4 Å². The molecule has 1 aliphatic heterocycles. The van der Waals surface area contributed by atoms with Gasteiger partial charge >= 0.3 is 0 Å². The number of nitrogens with zero attached hydrogens (tertiary/aromatic N) is 3. The van der Waals surface area contributed by atoms with E-state index < -0.39 is 0 Å². The third-order valence-corrected chi connectivity index (χ3v) is 4.76. The van der Waals surface area contributed by atoms with Gasteiger partial charge in [-0.05, 0) is 44.5 Å². The molecule has 0 radical (unpaired) electrons. The summed E-state index contributed by atoms with van der Waals surface area (Å²) >= 11 is 0. The quantitative estimate of drug-likeness (QED) is 0.852. The van der Waals surface area contributed by atoms with E-state index in [1.807, 2.05) is 11.8 Å². The Kier molecular flexibility index (Phi) is 6.55. The molecule has 2 aromatic rings. The highest BCUT2D eigenvalue weighted by Gasteiger charge is 2.29. The Bertz CT molecular complexity index is 791. The number of likely N-dealkylation sites (tertiary alicyclic amines) is 1. The number of aryl methyl sites for hydroxylation is 2. The molecule has 26 heavy (non-hydrogen) atoms. The highest BCUT2D eigenvalue weighted by Crippen LogP contribution is 2.25. The predicted octanol–water partition coefficient (Wildman–Crippen LogP) is 2.86. The second kappa shape index (κ2) is 8.65. The fourth-order valence-electron chi connectivity index (χ4n) is 3.45. The average Bonchev–Trinajstić information content (AvgIpc) is 2.95. The van der Waals surface area contributed by atoms with Crippen LogP contribution in [0.2, 0.25) is 0 Å². The van der Waals surface area contributed by atoms with Crippen LogP contribution in [0, 0.1) is 19.8 Å². The first-order chi connectivity index (χ1) is 12.4. The Labute approximate surface area is 154 Å². The Hall–Kier alpha value is -2.63. The largest absolute Gasteiger partial charge is 0.483 e. The van der Waals surface area contributed by atoms with Gasteiger partial charge in [-0.2, -0.15) is 0 Å². The van der Waals surface area contributed by atoms with Gasteiger partial charge in [0.2, 0.25) is 5.91 Å². The highest BCUT2D eigenvalue weighted by molar-refractivity contribution is 5.84. The molecule has 1 aromatic carbocycles. The number of carbonyl (C=O) groups is 2. The van der Waals surface area contributed by atoms with Crippen LogP contribution in [0.1, 0.15) is 24.5 Å². The van der Waals surface area contributed by atoms with Crippen molar-refractivity contribution >= 4 is 29.1 Å². The van der Waals surface area contributed by atoms with Crippen LogP contribution < -0.4 is 4.90 Å². The summed E-state index contributed by atoms with van der Waals surface area (Å²) in [6.07, 6.45) is 0.657. The summed E-state index contributed by atoms with van der Waals surface area (Å²) in [6, 6.07) is 8.53. The Balaban J connectivity index is 0.000000758. The second-order valence-electron chi connectivity index (χ2n) is 6.81. The summed E-state index contributed by atoms with van der Waals surface area (Å²) in [5.74, 6) is 1.66. The number of carboxylic acid groups (broad SMARTS) is 1. The third-order valence-electron chi connectivity index (χ3n) is 4.76. The molecule has 1 unspecified atom stereocenters. The molecule has 3 rings (SSSR count). The number of hydrogen-bond donors (Lipinski definition) is 1. The van der Waals surface area contributed by atoms with Crippen molar-refractivity contribution < 1.29 is 14.7 Å². The molecule has 1 saturated heterocycles. The van der Waals surface area contributed by atoms with Crippen molar-refractivity contribution in [3.8, 4) is 0 Å². The van der Waals surface area contributed by atoms with Gasteiger partial charge in [0.25, 0.3) is 6.47 Å². The first kappa shape index (κ1) is 19.7. The Morgan fingerprint density at radius 1 is 1.35 bits per heavy atom. The molecule has 140 valence electrons. The topological polar surface area (TPSA) is 73.7 Å². The van der Waals surface area contributed by atoms with Crippen LogP contribution >= 0.6 is 0 Å². The molecule has 2 heterocycles. The minimum absolute atomic E-state index is 0.250. The first-order valence-electron chi connectivity index (χ1n) is 8.84. The van der Waals surface area contributed by atoms with Crippen LogP contribution in [-0.4, -0.2) is 54.1 Å². The summed E-state index contributed by atoms with van der Waals surface area (Å²) < 4.78 is 0. The molecule has 1 N–H and O–H groups in total. The zero-order valence-corrected chi connectivity index (χ0v) is 15.9. The van der Waals surface area contributed by atoms with E-state index >= 15 is 0 Å². The normalized spacial score (nSPS) is 16.4. The fraction of sp³-hybridized carbons (Fsp3) is 0.450. The molecule has 6 nitrogen and oxygen atoms in total. The van der Waals surface area contributed by atoms with Crippen molar-refractivity contribution in [2.75, 3.05) is 31.6 Å². The summed E-state index contributed by atoms with van der Waals surface area (Å²) in [4.78, 5) is 29.2. The van der Waals surface area contributed by atoms with Crippen LogP contribution in [0.15, 0.2) is 24.3 Å². The van der Waals surface area contributed by atoms with Gasteiger partial charge in [-0.15, -0.1) is 0 Å². The Morgan fingerprint density at radius 3 is 2.65 bits per heavy atom. The second-order valence-corrected chi connectivity index (χ2v) is 6.81. The highest BCUT2D eigenvalue weighted by atomic mass is 16.3. The van der Waals surface area contributed by atoms with Gasteiger partial charge in [0.1, 0.15) is 5.82 Å². The minimum Gasteiger partial charge on any atom is -0.483 e. The smallest absolute Gasteiger partial charge is 0.290 e. The van der Waals surface area contributed by atoms with Crippen LogP contribution in [0.5, 0.6) is 0 Å². The van der Waals surface area contributed by atoms with Crippen LogP contribution in [0.3, 0.4) is 0 Å². The van der Waals surface area contributed by atoms with Crippen molar-refractivity contribution in [1.29, 1.82) is 0 Å². The van der Waals surface area contributed by atoms with Crippen LogP contribution in [0.25, 0.3) is 10.9 Å². The third kappa shape index (κ3) is 4.50. The Morgan fingerprint density at radius 2 is 2.04 bits per heavy atom. The SMILES string of the molecule is CCN1CC(CN(C)c2cc(C)c3cc(C)ccc3n2)CC1=O.O=CO. The first-order valence-corrected chi connectivity index (χ1v) is 8.84. The van der Waals surface area contributed by atoms with Crippen molar-refractivity contribution in [3.63, 3.8) is 0 Å². The van der Waals surface area contributed by atoms with E-state index in [0.29, 0.717) is 12.3 Å². The number of hydrogen-bond acceptors (Lipinski definition) is 4. The lowest BCUT2D eigenvalue weighted by Gasteiger charge is -2.23. The van der Waals surface area contributed by atoms with E-state index in [9.17, 15) is 4.79 Å². The molecule has 1 atom stereocenters. The monoisotopic (exact) mass is 357 g/mol. The molecule has 0 bridgehead atoms. The van der Waals surface area contributed by atoms with Crippen LogP contribution in [-0.2, 0) is 9.59 Å².